The predicted molar refractivity (Wildman–Crippen MR) is 105 cm³/mol. The van der Waals surface area contributed by atoms with Crippen molar-refractivity contribution in [2.45, 2.75) is 12.8 Å². The van der Waals surface area contributed by atoms with E-state index in [0.29, 0.717) is 42.2 Å². The van der Waals surface area contributed by atoms with Crippen molar-refractivity contribution in [3.63, 3.8) is 0 Å². The molecule has 0 atom stereocenters. The van der Waals surface area contributed by atoms with Crippen LogP contribution >= 0.6 is 0 Å². The highest BCUT2D eigenvalue weighted by atomic mass is 32.2. The summed E-state index contributed by atoms with van der Waals surface area (Å²) in [6.45, 7) is 0.449. The maximum atomic E-state index is 12.6. The molecule has 0 aliphatic carbocycles. The zero-order valence-electron chi connectivity index (χ0n) is 15.1. The van der Waals surface area contributed by atoms with E-state index in [-0.39, 0.29) is 11.9 Å². The minimum Gasteiger partial charge on any atom is -0.289 e. The number of nitrogens with zero attached hydrogens (tertiary/aromatic N) is 4. The number of hydrogen-bond acceptors (Lipinski definition) is 6. The molecule has 144 valence electrons. The van der Waals surface area contributed by atoms with Crippen LogP contribution in [0, 0.1) is 0 Å². The van der Waals surface area contributed by atoms with E-state index >= 15 is 0 Å². The molecular weight excluding hydrogens is 380 g/mol. The molecule has 2 N–H and O–H groups in total. The Balaban J connectivity index is 1.54. The molecule has 1 aromatic carbocycles. The number of aromatic nitrogens is 4. The van der Waals surface area contributed by atoms with Crippen LogP contribution in [0.1, 0.15) is 22.3 Å². The average Bonchev–Trinajstić information content (AvgIpc) is 3.15. The maximum Gasteiger partial charge on any atom is 0.258 e. The summed E-state index contributed by atoms with van der Waals surface area (Å²) < 4.78 is 25.3. The van der Waals surface area contributed by atoms with E-state index in [1.54, 1.807) is 36.5 Å². The minimum atomic E-state index is -3.34. The van der Waals surface area contributed by atoms with E-state index in [0.717, 1.165) is 5.56 Å². The van der Waals surface area contributed by atoms with Gasteiger partial charge in [-0.3, -0.25) is 24.5 Å². The maximum absolute atomic E-state index is 12.6. The molecule has 4 rings (SSSR count). The van der Waals surface area contributed by atoms with Crippen molar-refractivity contribution in [3.8, 4) is 11.5 Å². The molecule has 0 bridgehead atoms. The Morgan fingerprint density at radius 1 is 1.25 bits per heavy atom. The first kappa shape index (κ1) is 18.1. The van der Waals surface area contributed by atoms with Crippen LogP contribution in [0.25, 0.3) is 11.5 Å². The number of carbonyl (C=O) groups excluding carboxylic acids is 1. The molecule has 0 fully saturated rings. The minimum absolute atomic E-state index is 0.140. The number of H-pyrrole nitrogens is 1. The summed E-state index contributed by atoms with van der Waals surface area (Å²) in [5, 5.41) is 9.38. The van der Waals surface area contributed by atoms with Crippen molar-refractivity contribution >= 4 is 27.6 Å². The number of rotatable bonds is 4. The molecule has 3 aromatic rings. The summed E-state index contributed by atoms with van der Waals surface area (Å²) in [5.41, 5.74) is 2.48. The zero-order chi connectivity index (χ0) is 19.7. The van der Waals surface area contributed by atoms with Crippen LogP contribution in [0.5, 0.6) is 0 Å². The highest BCUT2D eigenvalue weighted by molar-refractivity contribution is 7.92. The summed E-state index contributed by atoms with van der Waals surface area (Å²) in [5.74, 6) is 0.220. The molecule has 0 saturated carbocycles. The molecule has 2 aromatic heterocycles. The fourth-order valence-electron chi connectivity index (χ4n) is 3.16. The molecule has 0 spiro atoms. The molecule has 10 heteroatoms. The Morgan fingerprint density at radius 3 is 2.86 bits per heavy atom. The third-order valence-corrected chi connectivity index (χ3v) is 5.62. The van der Waals surface area contributed by atoms with Crippen LogP contribution in [0.15, 0.2) is 42.6 Å². The second-order valence-electron chi connectivity index (χ2n) is 6.46. The van der Waals surface area contributed by atoms with E-state index in [1.165, 1.54) is 10.6 Å². The number of aromatic amines is 1. The van der Waals surface area contributed by atoms with Gasteiger partial charge in [0.2, 0.25) is 16.0 Å². The van der Waals surface area contributed by atoms with Crippen molar-refractivity contribution in [3.05, 3.63) is 53.7 Å². The Morgan fingerprint density at radius 2 is 2.11 bits per heavy atom. The fourth-order valence-corrected chi connectivity index (χ4v) is 4.15. The molecule has 3 heterocycles. The largest absolute Gasteiger partial charge is 0.289 e. The Hall–Kier alpha value is -3.27. The van der Waals surface area contributed by atoms with Crippen LogP contribution in [-0.4, -0.2) is 47.3 Å². The van der Waals surface area contributed by atoms with Gasteiger partial charge in [0.15, 0.2) is 5.82 Å². The fraction of sp³-hybridized carbons (Fsp3) is 0.222. The highest BCUT2D eigenvalue weighted by Crippen LogP contribution is 2.30. The second-order valence-corrected chi connectivity index (χ2v) is 8.37. The lowest BCUT2D eigenvalue weighted by Gasteiger charge is -2.29. The van der Waals surface area contributed by atoms with Gasteiger partial charge in [-0.2, -0.15) is 4.98 Å². The summed E-state index contributed by atoms with van der Waals surface area (Å²) in [7, 11) is -3.34. The van der Waals surface area contributed by atoms with Crippen molar-refractivity contribution in [2.75, 3.05) is 22.4 Å². The van der Waals surface area contributed by atoms with Gasteiger partial charge in [0.1, 0.15) is 5.69 Å². The van der Waals surface area contributed by atoms with Crippen molar-refractivity contribution in [1.29, 1.82) is 0 Å². The highest BCUT2D eigenvalue weighted by Gasteiger charge is 2.25. The van der Waals surface area contributed by atoms with E-state index in [1.807, 2.05) is 6.07 Å². The third kappa shape index (κ3) is 3.58. The molecule has 0 unspecified atom stereocenters. The number of nitrogens with one attached hydrogen (secondary N) is 2. The van der Waals surface area contributed by atoms with Gasteiger partial charge in [0, 0.05) is 18.3 Å². The van der Waals surface area contributed by atoms with E-state index < -0.39 is 10.0 Å². The van der Waals surface area contributed by atoms with E-state index in [4.69, 9.17) is 0 Å². The number of hydrogen-bond donors (Lipinski definition) is 2. The normalized spacial score (nSPS) is 13.8. The lowest BCUT2D eigenvalue weighted by atomic mass is 10.0. The first-order valence-electron chi connectivity index (χ1n) is 8.67. The van der Waals surface area contributed by atoms with E-state index in [9.17, 15) is 13.2 Å². The summed E-state index contributed by atoms with van der Waals surface area (Å²) in [4.78, 5) is 21.0. The number of amides is 1. The monoisotopic (exact) mass is 398 g/mol. The van der Waals surface area contributed by atoms with Gasteiger partial charge in [0.05, 0.1) is 11.9 Å². The zero-order valence-corrected chi connectivity index (χ0v) is 15.9. The lowest BCUT2D eigenvalue weighted by molar-refractivity contribution is 0.102. The first-order chi connectivity index (χ1) is 13.4. The van der Waals surface area contributed by atoms with Crippen LogP contribution in [-0.2, 0) is 16.4 Å². The first-order valence-corrected chi connectivity index (χ1v) is 10.5. The SMILES string of the molecule is CS(=O)(=O)N1CCCc2cc(C(=O)Nc3n[nH]c(-c4ccccn4)n3)ccc21. The molecule has 0 radical (unpaired) electrons. The number of fused-ring (bicyclic) bond motifs is 1. The Labute approximate surface area is 161 Å². The Bertz CT molecular complexity index is 1130. The number of aryl methyl sites for hydroxylation is 1. The van der Waals surface area contributed by atoms with Crippen LogP contribution in [0.3, 0.4) is 0 Å². The quantitative estimate of drug-likeness (QED) is 0.692. The molecule has 28 heavy (non-hydrogen) atoms. The van der Waals surface area contributed by atoms with Gasteiger partial charge >= 0.3 is 0 Å². The topological polar surface area (TPSA) is 121 Å². The van der Waals surface area contributed by atoms with Crippen LogP contribution in [0.2, 0.25) is 0 Å². The Kier molecular flexibility index (Phi) is 4.55. The van der Waals surface area contributed by atoms with Gasteiger partial charge < -0.3 is 0 Å². The average molecular weight is 398 g/mol. The summed E-state index contributed by atoms with van der Waals surface area (Å²) in [6.07, 6.45) is 4.25. The van der Waals surface area contributed by atoms with E-state index in [2.05, 4.69) is 25.5 Å². The molecule has 9 nitrogen and oxygen atoms in total. The number of anilines is 2. The third-order valence-electron chi connectivity index (χ3n) is 4.44. The summed E-state index contributed by atoms with van der Waals surface area (Å²) >= 11 is 0. The van der Waals surface area contributed by atoms with Gasteiger partial charge in [0.25, 0.3) is 5.91 Å². The molecule has 0 saturated heterocycles. The molecule has 1 aliphatic heterocycles. The number of benzene rings is 1. The van der Waals surface area contributed by atoms with Crippen LogP contribution in [0.4, 0.5) is 11.6 Å². The predicted octanol–water partition coefficient (Wildman–Crippen LogP) is 1.83. The molecule has 1 amide bonds. The van der Waals surface area contributed by atoms with Gasteiger partial charge in [-0.15, -0.1) is 5.10 Å². The van der Waals surface area contributed by atoms with Crippen molar-refractivity contribution in [2.24, 2.45) is 0 Å². The van der Waals surface area contributed by atoms with Gasteiger partial charge in [-0.05, 0) is 48.7 Å². The smallest absolute Gasteiger partial charge is 0.258 e. The molecule has 1 aliphatic rings. The standard InChI is InChI=1S/C18H18N6O3S/c1-28(26,27)24-10-4-5-12-11-13(7-8-15(12)24)17(25)21-18-20-16(22-23-18)14-6-2-3-9-19-14/h2-3,6-9,11H,4-5,10H2,1H3,(H2,20,21,22,23,25). The van der Waals surface area contributed by atoms with Gasteiger partial charge in [-0.25, -0.2) is 8.42 Å². The van der Waals surface area contributed by atoms with Gasteiger partial charge in [-0.1, -0.05) is 6.07 Å². The van der Waals surface area contributed by atoms with Crippen LogP contribution < -0.4 is 9.62 Å². The number of sulfonamides is 1. The number of pyridine rings is 1. The second kappa shape index (κ2) is 7.04. The molecular formula is C18H18N6O3S. The van der Waals surface area contributed by atoms with Crippen molar-refractivity contribution in [1.82, 2.24) is 20.2 Å². The van der Waals surface area contributed by atoms with Crippen molar-refractivity contribution < 1.29 is 13.2 Å². The lowest BCUT2D eigenvalue weighted by Crippen LogP contribution is -2.34. The number of carbonyl (C=O) groups is 1. The summed E-state index contributed by atoms with van der Waals surface area (Å²) in [6, 6.07) is 10.4.